The quantitative estimate of drug-likeness (QED) is 0.431. The zero-order valence-electron chi connectivity index (χ0n) is 19.0. The summed E-state index contributed by atoms with van der Waals surface area (Å²) in [4.78, 5) is 28.1. The predicted octanol–water partition coefficient (Wildman–Crippen LogP) is 3.68. The Bertz CT molecular complexity index is 1280. The molecule has 4 aromatic rings. The van der Waals surface area contributed by atoms with Gasteiger partial charge in [-0.2, -0.15) is 0 Å². The maximum Gasteiger partial charge on any atom is 0.324 e. The molecular weight excluding hydrogens is 450 g/mol. The molecule has 35 heavy (non-hydrogen) atoms. The molecule has 3 aromatic heterocycles. The number of nitrogens with zero attached hydrogens (tertiary/aromatic N) is 5. The van der Waals surface area contributed by atoms with Gasteiger partial charge in [0.05, 0.1) is 20.3 Å². The van der Waals surface area contributed by atoms with Crippen LogP contribution in [0.3, 0.4) is 0 Å². The van der Waals surface area contributed by atoms with Gasteiger partial charge in [0, 0.05) is 48.4 Å². The number of anilines is 3. The number of aromatic nitrogens is 4. The van der Waals surface area contributed by atoms with Gasteiger partial charge in [0.1, 0.15) is 12.0 Å². The molecule has 0 spiro atoms. The van der Waals surface area contributed by atoms with Crippen LogP contribution in [-0.4, -0.2) is 59.6 Å². The van der Waals surface area contributed by atoms with Crippen LogP contribution in [0.25, 0.3) is 22.6 Å². The second-order valence-electron chi connectivity index (χ2n) is 7.63. The van der Waals surface area contributed by atoms with Gasteiger partial charge in [-0.25, -0.2) is 14.8 Å². The van der Waals surface area contributed by atoms with E-state index in [2.05, 4.69) is 25.7 Å². The molecule has 4 heterocycles. The molecule has 1 aliphatic heterocycles. The Labute approximate surface area is 201 Å². The number of rotatable bonds is 6. The predicted molar refractivity (Wildman–Crippen MR) is 129 cm³/mol. The second-order valence-corrected chi connectivity index (χ2v) is 7.63. The molecular formula is C24H23N7O4. The fraction of sp³-hybridized carbons (Fsp3) is 0.208. The third-order valence-corrected chi connectivity index (χ3v) is 5.40. The van der Waals surface area contributed by atoms with Gasteiger partial charge in [0.15, 0.2) is 23.2 Å². The summed E-state index contributed by atoms with van der Waals surface area (Å²) >= 11 is 0. The number of morpholine rings is 1. The topological polar surface area (TPSA) is 128 Å². The Morgan fingerprint density at radius 3 is 2.43 bits per heavy atom. The summed E-state index contributed by atoms with van der Waals surface area (Å²) in [5, 5.41) is 9.00. The summed E-state index contributed by atoms with van der Waals surface area (Å²) in [5.74, 6) is 2.18. The zero-order valence-corrected chi connectivity index (χ0v) is 19.0. The highest BCUT2D eigenvalue weighted by Gasteiger charge is 2.23. The molecule has 11 heteroatoms. The number of ether oxygens (including phenoxy) is 2. The monoisotopic (exact) mass is 473 g/mol. The number of amides is 2. The molecule has 0 aliphatic carbocycles. The number of pyridine rings is 1. The van der Waals surface area contributed by atoms with E-state index < -0.39 is 6.03 Å². The van der Waals surface area contributed by atoms with Crippen LogP contribution >= 0.6 is 0 Å². The Morgan fingerprint density at radius 2 is 1.74 bits per heavy atom. The third kappa shape index (κ3) is 5.04. The molecule has 0 saturated carbocycles. The van der Waals surface area contributed by atoms with Crippen molar-refractivity contribution in [3.05, 3.63) is 61.1 Å². The standard InChI is InChI=1S/C24H23N7O4/c1-33-21-20(16-6-9-25-10-7-16)28-22(29-23(21)31-11-14-34-15-12-31)17-2-4-18(5-3-17)26-24(32)27-19-8-13-35-30-19/h2-10,13H,11-12,14-15H2,1H3,(H2,26,27,30,32). The minimum absolute atomic E-state index is 0.324. The molecule has 0 unspecified atom stereocenters. The van der Waals surface area contributed by atoms with E-state index in [0.717, 1.165) is 11.1 Å². The number of hydrogen-bond acceptors (Lipinski definition) is 9. The highest BCUT2D eigenvalue weighted by Crippen LogP contribution is 2.38. The second kappa shape index (κ2) is 10.2. The summed E-state index contributed by atoms with van der Waals surface area (Å²) in [6.45, 7) is 2.63. The highest BCUT2D eigenvalue weighted by molar-refractivity contribution is 5.99. The molecule has 1 aromatic carbocycles. The molecule has 2 N–H and O–H groups in total. The van der Waals surface area contributed by atoms with Crippen LogP contribution in [0.4, 0.5) is 22.1 Å². The van der Waals surface area contributed by atoms with Gasteiger partial charge in [0.2, 0.25) is 0 Å². The molecule has 1 saturated heterocycles. The maximum absolute atomic E-state index is 12.2. The smallest absolute Gasteiger partial charge is 0.324 e. The first-order valence-corrected chi connectivity index (χ1v) is 11.0. The zero-order chi connectivity index (χ0) is 24.0. The number of nitrogens with one attached hydrogen (secondary N) is 2. The summed E-state index contributed by atoms with van der Waals surface area (Å²) in [6, 6.07) is 12.2. The van der Waals surface area contributed by atoms with E-state index in [1.54, 1.807) is 37.7 Å². The van der Waals surface area contributed by atoms with Crippen molar-refractivity contribution in [2.75, 3.05) is 48.9 Å². The fourth-order valence-electron chi connectivity index (χ4n) is 3.71. The fourth-order valence-corrected chi connectivity index (χ4v) is 3.71. The minimum atomic E-state index is -0.429. The summed E-state index contributed by atoms with van der Waals surface area (Å²) in [6.07, 6.45) is 4.82. The van der Waals surface area contributed by atoms with Gasteiger partial charge in [-0.1, -0.05) is 5.16 Å². The van der Waals surface area contributed by atoms with Gasteiger partial charge in [0.25, 0.3) is 0 Å². The van der Waals surface area contributed by atoms with Crippen molar-refractivity contribution in [2.24, 2.45) is 0 Å². The van der Waals surface area contributed by atoms with E-state index in [-0.39, 0.29) is 0 Å². The van der Waals surface area contributed by atoms with Gasteiger partial charge in [-0.15, -0.1) is 0 Å². The molecule has 1 fully saturated rings. The van der Waals surface area contributed by atoms with Gasteiger partial charge in [-0.05, 0) is 36.4 Å². The largest absolute Gasteiger partial charge is 0.491 e. The van der Waals surface area contributed by atoms with Crippen molar-refractivity contribution in [3.63, 3.8) is 0 Å². The number of carbonyl (C=O) groups excluding carboxylic acids is 1. The molecule has 1 aliphatic rings. The highest BCUT2D eigenvalue weighted by atomic mass is 16.5. The summed E-state index contributed by atoms with van der Waals surface area (Å²) < 4.78 is 16.0. The summed E-state index contributed by atoms with van der Waals surface area (Å²) in [7, 11) is 1.62. The number of urea groups is 1. The van der Waals surface area contributed by atoms with Crippen molar-refractivity contribution < 1.29 is 18.8 Å². The van der Waals surface area contributed by atoms with Crippen LogP contribution in [-0.2, 0) is 4.74 Å². The van der Waals surface area contributed by atoms with E-state index in [4.69, 9.17) is 24.0 Å². The van der Waals surface area contributed by atoms with Crippen molar-refractivity contribution in [2.45, 2.75) is 0 Å². The average molecular weight is 473 g/mol. The van der Waals surface area contributed by atoms with Crippen LogP contribution in [0.1, 0.15) is 0 Å². The van der Waals surface area contributed by atoms with Crippen LogP contribution < -0.4 is 20.3 Å². The first-order chi connectivity index (χ1) is 17.2. The Hall–Kier alpha value is -4.51. The molecule has 0 radical (unpaired) electrons. The first-order valence-electron chi connectivity index (χ1n) is 11.0. The number of carbonyl (C=O) groups is 1. The Morgan fingerprint density at radius 1 is 0.971 bits per heavy atom. The molecule has 2 amide bonds. The van der Waals surface area contributed by atoms with E-state index in [9.17, 15) is 4.79 Å². The van der Waals surface area contributed by atoms with Gasteiger partial charge >= 0.3 is 6.03 Å². The van der Waals surface area contributed by atoms with Gasteiger partial charge in [-0.3, -0.25) is 10.3 Å². The molecule has 11 nitrogen and oxygen atoms in total. The Kier molecular flexibility index (Phi) is 6.48. The van der Waals surface area contributed by atoms with Crippen LogP contribution in [0, 0.1) is 0 Å². The normalized spacial score (nSPS) is 13.3. The van der Waals surface area contributed by atoms with Crippen molar-refractivity contribution >= 4 is 23.4 Å². The van der Waals surface area contributed by atoms with E-state index in [1.165, 1.54) is 6.26 Å². The van der Waals surface area contributed by atoms with E-state index in [0.29, 0.717) is 60.9 Å². The number of hydrogen-bond donors (Lipinski definition) is 2. The van der Waals surface area contributed by atoms with Crippen molar-refractivity contribution in [1.82, 2.24) is 20.1 Å². The SMILES string of the molecule is COc1c(-c2ccncc2)nc(-c2ccc(NC(=O)Nc3ccon3)cc2)nc1N1CCOCC1. The van der Waals surface area contributed by atoms with Gasteiger partial charge < -0.3 is 24.2 Å². The number of benzene rings is 1. The number of methoxy groups -OCH3 is 1. The van der Waals surface area contributed by atoms with Crippen molar-refractivity contribution in [1.29, 1.82) is 0 Å². The first kappa shape index (κ1) is 22.3. The molecule has 5 rings (SSSR count). The van der Waals surface area contributed by atoms with E-state index >= 15 is 0 Å². The summed E-state index contributed by atoms with van der Waals surface area (Å²) in [5.41, 5.74) is 2.94. The van der Waals surface area contributed by atoms with Crippen LogP contribution in [0.2, 0.25) is 0 Å². The lowest BCUT2D eigenvalue weighted by Crippen LogP contribution is -2.37. The lowest BCUT2D eigenvalue weighted by atomic mass is 10.1. The lowest BCUT2D eigenvalue weighted by molar-refractivity contribution is 0.122. The molecule has 0 atom stereocenters. The maximum atomic E-state index is 12.2. The van der Waals surface area contributed by atoms with E-state index in [1.807, 2.05) is 24.3 Å². The third-order valence-electron chi connectivity index (χ3n) is 5.40. The molecule has 0 bridgehead atoms. The molecule has 178 valence electrons. The van der Waals surface area contributed by atoms with Crippen molar-refractivity contribution in [3.8, 4) is 28.4 Å². The van der Waals surface area contributed by atoms with Crippen LogP contribution in [0.15, 0.2) is 65.6 Å². The Balaban J connectivity index is 1.47. The minimum Gasteiger partial charge on any atom is -0.491 e. The lowest BCUT2D eigenvalue weighted by Gasteiger charge is -2.29. The average Bonchev–Trinajstić information content (AvgIpc) is 3.42. The van der Waals surface area contributed by atoms with Crippen LogP contribution in [0.5, 0.6) is 5.75 Å².